The highest BCUT2D eigenvalue weighted by Gasteiger charge is 2.56. The molecule has 0 aromatic rings. The number of sulfone groups is 1. The van der Waals surface area contributed by atoms with E-state index in [0.29, 0.717) is 0 Å². The van der Waals surface area contributed by atoms with Gasteiger partial charge in [0.05, 0.1) is 11.5 Å². The molecule has 0 heterocycles. The molecule has 0 fully saturated rings. The van der Waals surface area contributed by atoms with Gasteiger partial charge in [0.1, 0.15) is 9.84 Å². The summed E-state index contributed by atoms with van der Waals surface area (Å²) in [6.45, 7) is 0. The average Bonchev–Trinajstić information content (AvgIpc) is 2.12. The van der Waals surface area contributed by atoms with Crippen LogP contribution in [0.3, 0.4) is 0 Å². The van der Waals surface area contributed by atoms with Gasteiger partial charge in [0.15, 0.2) is 0 Å². The molecule has 0 aliphatic carbocycles. The summed E-state index contributed by atoms with van der Waals surface area (Å²) >= 11 is 5.24. The van der Waals surface area contributed by atoms with Crippen LogP contribution >= 0.6 is 11.6 Å². The van der Waals surface area contributed by atoms with Gasteiger partial charge < -0.3 is 0 Å². The Balaban J connectivity index is 4.16. The van der Waals surface area contributed by atoms with Gasteiger partial charge in [0, 0.05) is 12.3 Å². The van der Waals surface area contributed by atoms with Gasteiger partial charge in [-0.1, -0.05) is 0 Å². The van der Waals surface area contributed by atoms with E-state index in [-0.39, 0.29) is 18.1 Å². The van der Waals surface area contributed by atoms with E-state index in [1.807, 2.05) is 0 Å². The van der Waals surface area contributed by atoms with Crippen LogP contribution in [0.1, 0.15) is 19.3 Å². The van der Waals surface area contributed by atoms with Crippen molar-refractivity contribution in [3.05, 3.63) is 0 Å². The smallest absolute Gasteiger partial charge is 0.229 e. The van der Waals surface area contributed by atoms with Gasteiger partial charge in [-0.15, -0.1) is 11.6 Å². The first-order valence-corrected chi connectivity index (χ1v) is 7.08. The minimum Gasteiger partial charge on any atom is -0.229 e. The Bertz CT molecular complexity index is 325. The molecule has 104 valence electrons. The molecule has 0 radical (unpaired) electrons. The van der Waals surface area contributed by atoms with Gasteiger partial charge in [0.25, 0.3) is 0 Å². The predicted octanol–water partition coefficient (Wildman–Crippen LogP) is 3.01. The first kappa shape index (κ1) is 16.9. The number of hydrogen-bond donors (Lipinski definition) is 0. The quantitative estimate of drug-likeness (QED) is 0.535. The topological polar surface area (TPSA) is 34.1 Å². The Morgan fingerprint density at radius 1 is 0.941 bits per heavy atom. The summed E-state index contributed by atoms with van der Waals surface area (Å²) in [6.07, 6.45) is -7.72. The van der Waals surface area contributed by atoms with Crippen molar-refractivity contribution >= 4 is 21.4 Å². The molecular formula is C8H12ClF5O2S. The fourth-order valence-corrected chi connectivity index (χ4v) is 2.70. The van der Waals surface area contributed by atoms with E-state index in [9.17, 15) is 30.4 Å². The molecule has 0 bridgehead atoms. The normalized spacial score (nSPS) is 14.0. The maximum atomic E-state index is 12.4. The van der Waals surface area contributed by atoms with Crippen molar-refractivity contribution < 1.29 is 30.4 Å². The lowest BCUT2D eigenvalue weighted by Gasteiger charge is -2.19. The van der Waals surface area contributed by atoms with Gasteiger partial charge in [-0.05, 0) is 12.8 Å². The average molecular weight is 303 g/mol. The summed E-state index contributed by atoms with van der Waals surface area (Å²) < 4.78 is 82.3. The molecule has 0 spiro atoms. The maximum Gasteiger partial charge on any atom is 0.453 e. The molecule has 0 N–H and O–H groups in total. The lowest BCUT2D eigenvalue weighted by molar-refractivity contribution is -0.284. The first-order chi connectivity index (χ1) is 7.52. The van der Waals surface area contributed by atoms with E-state index in [4.69, 9.17) is 11.6 Å². The molecule has 0 atom stereocenters. The highest BCUT2D eigenvalue weighted by Crippen LogP contribution is 2.38. The minimum atomic E-state index is -5.63. The van der Waals surface area contributed by atoms with E-state index in [1.54, 1.807) is 0 Å². The number of hydrogen-bond acceptors (Lipinski definition) is 2. The molecule has 0 aliphatic heterocycles. The summed E-state index contributed by atoms with van der Waals surface area (Å²) in [5, 5.41) is 0. The van der Waals surface area contributed by atoms with Gasteiger partial charge in [-0.25, -0.2) is 8.42 Å². The Morgan fingerprint density at radius 3 is 1.82 bits per heavy atom. The van der Waals surface area contributed by atoms with Crippen LogP contribution in [0.25, 0.3) is 0 Å². The summed E-state index contributed by atoms with van der Waals surface area (Å²) in [6, 6.07) is 0. The van der Waals surface area contributed by atoms with Crippen molar-refractivity contribution in [2.75, 3.05) is 17.4 Å². The van der Waals surface area contributed by atoms with Crippen molar-refractivity contribution in [2.24, 2.45) is 0 Å². The van der Waals surface area contributed by atoms with Crippen molar-refractivity contribution in [3.8, 4) is 0 Å². The fourth-order valence-electron chi connectivity index (χ4n) is 1.03. The zero-order chi connectivity index (χ0) is 13.7. The second kappa shape index (κ2) is 6.17. The lowest BCUT2D eigenvalue weighted by atomic mass is 10.2. The van der Waals surface area contributed by atoms with Crippen LogP contribution in [-0.2, 0) is 9.84 Å². The molecule has 9 heteroatoms. The zero-order valence-electron chi connectivity index (χ0n) is 8.74. The Labute approximate surface area is 101 Å². The largest absolute Gasteiger partial charge is 0.453 e. The van der Waals surface area contributed by atoms with Crippen molar-refractivity contribution in [3.63, 3.8) is 0 Å². The SMILES string of the molecule is O=S(=O)(CCCCl)CCCC(F)(F)C(F)(F)F. The summed E-state index contributed by atoms with van der Waals surface area (Å²) in [4.78, 5) is 0. The number of halogens is 6. The third-order valence-corrected chi connectivity index (χ3v) is 4.04. The van der Waals surface area contributed by atoms with E-state index in [1.165, 1.54) is 0 Å². The second-order valence-corrected chi connectivity index (χ2v) is 6.18. The molecule has 0 rings (SSSR count). The molecular weight excluding hydrogens is 291 g/mol. The Hall–Kier alpha value is -0.110. The van der Waals surface area contributed by atoms with Gasteiger partial charge >= 0.3 is 12.1 Å². The zero-order valence-corrected chi connectivity index (χ0v) is 10.3. The predicted molar refractivity (Wildman–Crippen MR) is 54.2 cm³/mol. The summed E-state index contributed by atoms with van der Waals surface area (Å²) in [5.41, 5.74) is 0. The number of rotatable bonds is 7. The van der Waals surface area contributed by atoms with Gasteiger partial charge in [0.2, 0.25) is 0 Å². The van der Waals surface area contributed by atoms with Crippen LogP contribution < -0.4 is 0 Å². The Morgan fingerprint density at radius 2 is 1.41 bits per heavy atom. The summed E-state index contributed by atoms with van der Waals surface area (Å²) in [7, 11) is -3.60. The van der Waals surface area contributed by atoms with Crippen LogP contribution in [0, 0.1) is 0 Å². The highest BCUT2D eigenvalue weighted by molar-refractivity contribution is 7.91. The van der Waals surface area contributed by atoms with Crippen LogP contribution in [0.5, 0.6) is 0 Å². The van der Waals surface area contributed by atoms with Gasteiger partial charge in [-0.3, -0.25) is 0 Å². The third kappa shape index (κ3) is 6.40. The molecule has 0 saturated heterocycles. The van der Waals surface area contributed by atoms with Crippen LogP contribution in [0.15, 0.2) is 0 Å². The van der Waals surface area contributed by atoms with Crippen molar-refractivity contribution in [2.45, 2.75) is 31.4 Å². The highest BCUT2D eigenvalue weighted by atomic mass is 35.5. The molecule has 0 aliphatic rings. The third-order valence-electron chi connectivity index (χ3n) is 1.95. The summed E-state index contributed by atoms with van der Waals surface area (Å²) in [5.74, 6) is -5.73. The molecule has 0 saturated carbocycles. The second-order valence-electron chi connectivity index (χ2n) is 3.50. The molecule has 0 amide bonds. The van der Waals surface area contributed by atoms with E-state index in [0.717, 1.165) is 0 Å². The monoisotopic (exact) mass is 302 g/mol. The molecule has 2 nitrogen and oxygen atoms in total. The Kier molecular flexibility index (Phi) is 6.13. The van der Waals surface area contributed by atoms with Crippen LogP contribution in [-0.4, -0.2) is 37.9 Å². The minimum absolute atomic E-state index is 0.0952. The van der Waals surface area contributed by atoms with Crippen LogP contribution in [0.2, 0.25) is 0 Å². The van der Waals surface area contributed by atoms with Crippen molar-refractivity contribution in [1.82, 2.24) is 0 Å². The number of alkyl halides is 6. The first-order valence-electron chi connectivity index (χ1n) is 4.73. The van der Waals surface area contributed by atoms with Crippen LogP contribution in [0.4, 0.5) is 22.0 Å². The van der Waals surface area contributed by atoms with Gasteiger partial charge in [-0.2, -0.15) is 22.0 Å². The molecule has 0 aromatic carbocycles. The lowest BCUT2D eigenvalue weighted by Crippen LogP contribution is -2.36. The fraction of sp³-hybridized carbons (Fsp3) is 1.00. The van der Waals surface area contributed by atoms with Crippen molar-refractivity contribution in [1.29, 1.82) is 0 Å². The van der Waals surface area contributed by atoms with E-state index >= 15 is 0 Å². The molecule has 0 unspecified atom stereocenters. The molecule has 0 aromatic heterocycles. The van der Waals surface area contributed by atoms with E-state index in [2.05, 4.69) is 0 Å². The maximum absolute atomic E-state index is 12.4. The standard InChI is InChI=1S/C8H12ClF5O2S/c9-4-2-6-17(15,16)5-1-3-7(10,11)8(12,13)14/h1-6H2. The molecule has 17 heavy (non-hydrogen) atoms. The van der Waals surface area contributed by atoms with E-state index < -0.39 is 40.5 Å².